The van der Waals surface area contributed by atoms with Crippen molar-refractivity contribution in [1.82, 2.24) is 0 Å². The maximum atomic E-state index is 2.52. The van der Waals surface area contributed by atoms with Crippen molar-refractivity contribution >= 4 is 15.9 Å². The summed E-state index contributed by atoms with van der Waals surface area (Å²) in [4.78, 5) is 0. The highest BCUT2D eigenvalue weighted by atomic mass is 31.3. The summed E-state index contributed by atoms with van der Waals surface area (Å²) in [7, 11) is 0.438. The maximum absolute atomic E-state index is 2.52. The van der Waals surface area contributed by atoms with E-state index in [0.29, 0.717) is 0 Å². The quantitative estimate of drug-likeness (QED) is 0.198. The second-order valence-corrected chi connectivity index (χ2v) is 15.1. The van der Waals surface area contributed by atoms with Crippen LogP contribution in [0.2, 0.25) is 18.1 Å². The highest BCUT2D eigenvalue weighted by Gasteiger charge is 2.28. The summed E-state index contributed by atoms with van der Waals surface area (Å²) in [6, 6.07) is 4.93. The average Bonchev–Trinajstić information content (AvgIpc) is 2.39. The van der Waals surface area contributed by atoms with Crippen molar-refractivity contribution in [1.29, 1.82) is 0 Å². The lowest BCUT2D eigenvalue weighted by Gasteiger charge is -2.31. The summed E-state index contributed by atoms with van der Waals surface area (Å²) < 4.78 is 0. The van der Waals surface area contributed by atoms with Crippen molar-refractivity contribution in [2.75, 3.05) is 6.66 Å². The molecule has 0 spiro atoms. The van der Waals surface area contributed by atoms with E-state index in [-0.39, 0.29) is 0 Å². The van der Waals surface area contributed by atoms with Crippen LogP contribution in [0.4, 0.5) is 0 Å². The van der Waals surface area contributed by atoms with E-state index in [0.717, 1.165) is 0 Å². The van der Waals surface area contributed by atoms with E-state index in [1.54, 1.807) is 18.1 Å². The second kappa shape index (κ2) is 12.7. The SMILES string of the molecule is CCCCC[Si](CCCCC)(CCCCC)PC. The minimum atomic E-state index is -0.853. The van der Waals surface area contributed by atoms with Crippen LogP contribution >= 0.6 is 8.13 Å². The Kier molecular flexibility index (Phi) is 13.1. The summed E-state index contributed by atoms with van der Waals surface area (Å²) in [5.74, 6) is 0. The fourth-order valence-electron chi connectivity index (χ4n) is 2.89. The van der Waals surface area contributed by atoms with E-state index in [1.165, 1.54) is 65.9 Å². The molecule has 0 aromatic heterocycles. The molecule has 0 rings (SSSR count). The van der Waals surface area contributed by atoms with E-state index in [4.69, 9.17) is 0 Å². The van der Waals surface area contributed by atoms with Crippen LogP contribution in [0.3, 0.4) is 0 Å². The molecule has 0 aromatic carbocycles. The minimum Gasteiger partial charge on any atom is -0.136 e. The summed E-state index contributed by atoms with van der Waals surface area (Å²) in [6.07, 6.45) is 13.2. The van der Waals surface area contributed by atoms with E-state index >= 15 is 0 Å². The molecule has 0 aliphatic carbocycles. The molecule has 1 atom stereocenters. The molecule has 0 nitrogen and oxygen atoms in total. The van der Waals surface area contributed by atoms with Crippen LogP contribution < -0.4 is 0 Å². The number of hydrogen-bond donors (Lipinski definition) is 0. The van der Waals surface area contributed by atoms with Gasteiger partial charge in [0.2, 0.25) is 0 Å². The molecule has 0 heterocycles. The molecule has 18 heavy (non-hydrogen) atoms. The van der Waals surface area contributed by atoms with Crippen molar-refractivity contribution in [3.8, 4) is 0 Å². The largest absolute Gasteiger partial charge is 0.136 e. The molecule has 0 fully saturated rings. The van der Waals surface area contributed by atoms with Gasteiger partial charge in [0.15, 0.2) is 0 Å². The Hall–Kier alpha value is 0.647. The number of rotatable bonds is 13. The monoisotopic (exact) mass is 288 g/mol. The van der Waals surface area contributed by atoms with Crippen LogP contribution in [0.25, 0.3) is 0 Å². The fourth-order valence-corrected chi connectivity index (χ4v) is 11.0. The van der Waals surface area contributed by atoms with Crippen molar-refractivity contribution in [3.05, 3.63) is 0 Å². The van der Waals surface area contributed by atoms with Gasteiger partial charge in [-0.15, -0.1) is 8.13 Å². The zero-order valence-corrected chi connectivity index (χ0v) is 15.5. The van der Waals surface area contributed by atoms with Gasteiger partial charge in [-0.05, 0) is 0 Å². The Morgan fingerprint density at radius 1 is 0.611 bits per heavy atom. The third-order valence-electron chi connectivity index (χ3n) is 4.31. The predicted octanol–water partition coefficient (Wildman–Crippen LogP) is 6.81. The van der Waals surface area contributed by atoms with Crippen molar-refractivity contribution in [2.24, 2.45) is 0 Å². The zero-order chi connectivity index (χ0) is 13.7. The minimum absolute atomic E-state index is 0.853. The van der Waals surface area contributed by atoms with Crippen molar-refractivity contribution in [2.45, 2.75) is 96.7 Å². The van der Waals surface area contributed by atoms with E-state index in [2.05, 4.69) is 27.4 Å². The van der Waals surface area contributed by atoms with Crippen LogP contribution in [0.15, 0.2) is 0 Å². The van der Waals surface area contributed by atoms with Gasteiger partial charge < -0.3 is 0 Å². The molecule has 0 aromatic rings. The molecular weight excluding hydrogens is 251 g/mol. The summed E-state index contributed by atoms with van der Waals surface area (Å²) in [6.45, 7) is 9.54. The van der Waals surface area contributed by atoms with Gasteiger partial charge in [0.05, 0.1) is 7.74 Å². The molecule has 2 heteroatoms. The molecular formula is C16H37PSi. The molecule has 0 radical (unpaired) electrons. The van der Waals surface area contributed by atoms with Crippen LogP contribution in [0, 0.1) is 0 Å². The Labute approximate surface area is 119 Å². The van der Waals surface area contributed by atoms with E-state index < -0.39 is 7.74 Å². The maximum Gasteiger partial charge on any atom is 0.0774 e. The molecule has 1 unspecified atom stereocenters. The Morgan fingerprint density at radius 2 is 0.944 bits per heavy atom. The van der Waals surface area contributed by atoms with Crippen LogP contribution in [-0.4, -0.2) is 14.4 Å². The highest BCUT2D eigenvalue weighted by Crippen LogP contribution is 2.40. The Balaban J connectivity index is 4.20. The lowest BCUT2D eigenvalue weighted by Crippen LogP contribution is -2.28. The fraction of sp³-hybridized carbons (Fsp3) is 1.00. The van der Waals surface area contributed by atoms with Gasteiger partial charge in [-0.3, -0.25) is 0 Å². The summed E-state index contributed by atoms with van der Waals surface area (Å²) >= 11 is 0. The van der Waals surface area contributed by atoms with E-state index in [9.17, 15) is 0 Å². The molecule has 0 saturated heterocycles. The zero-order valence-electron chi connectivity index (χ0n) is 13.5. The standard InChI is InChI=1S/C16H37PSi/c1-5-8-11-14-18(17-4,15-12-9-6-2)16-13-10-7-3/h17H,5-16H2,1-4H3. The first-order valence-electron chi connectivity index (χ1n) is 8.43. The van der Waals surface area contributed by atoms with Crippen molar-refractivity contribution in [3.63, 3.8) is 0 Å². The van der Waals surface area contributed by atoms with Crippen LogP contribution in [0.1, 0.15) is 78.6 Å². The van der Waals surface area contributed by atoms with Gasteiger partial charge in [-0.25, -0.2) is 0 Å². The van der Waals surface area contributed by atoms with Crippen molar-refractivity contribution < 1.29 is 0 Å². The number of unbranched alkanes of at least 4 members (excludes halogenated alkanes) is 6. The third kappa shape index (κ3) is 8.70. The lowest BCUT2D eigenvalue weighted by molar-refractivity contribution is 0.723. The third-order valence-corrected chi connectivity index (χ3v) is 14.7. The van der Waals surface area contributed by atoms with Gasteiger partial charge in [-0.2, -0.15) is 0 Å². The predicted molar refractivity (Wildman–Crippen MR) is 93.0 cm³/mol. The highest BCUT2D eigenvalue weighted by molar-refractivity contribution is 7.81. The van der Waals surface area contributed by atoms with Crippen LogP contribution in [0.5, 0.6) is 0 Å². The molecule has 0 bridgehead atoms. The first-order chi connectivity index (χ1) is 8.74. The molecule has 0 saturated carbocycles. The molecule has 0 aliphatic rings. The number of hydrogen-bond acceptors (Lipinski definition) is 0. The lowest BCUT2D eigenvalue weighted by atomic mass is 10.3. The molecule has 110 valence electrons. The summed E-state index contributed by atoms with van der Waals surface area (Å²) in [5.41, 5.74) is 0. The Bertz CT molecular complexity index is 144. The normalized spacial score (nSPS) is 12.7. The molecule has 0 aliphatic heterocycles. The first kappa shape index (κ1) is 18.6. The second-order valence-electron chi connectivity index (χ2n) is 5.90. The summed E-state index contributed by atoms with van der Waals surface area (Å²) in [5, 5.41) is 0. The topological polar surface area (TPSA) is 0 Å². The van der Waals surface area contributed by atoms with Gasteiger partial charge in [0.1, 0.15) is 0 Å². The van der Waals surface area contributed by atoms with Crippen LogP contribution in [-0.2, 0) is 0 Å². The molecule has 0 amide bonds. The molecule has 0 N–H and O–H groups in total. The van der Waals surface area contributed by atoms with Gasteiger partial charge in [-0.1, -0.05) is 103 Å². The van der Waals surface area contributed by atoms with Gasteiger partial charge in [0, 0.05) is 0 Å². The Morgan fingerprint density at radius 3 is 1.17 bits per heavy atom. The van der Waals surface area contributed by atoms with Gasteiger partial charge in [0.25, 0.3) is 0 Å². The average molecular weight is 289 g/mol. The van der Waals surface area contributed by atoms with E-state index in [1.807, 2.05) is 0 Å². The van der Waals surface area contributed by atoms with Gasteiger partial charge >= 0.3 is 0 Å². The smallest absolute Gasteiger partial charge is 0.0774 e. The first-order valence-corrected chi connectivity index (χ1v) is 13.6.